The van der Waals surface area contributed by atoms with Crippen LogP contribution in [0.5, 0.6) is 0 Å². The number of carboxylic acid groups (broad SMARTS) is 1. The van der Waals surface area contributed by atoms with Gasteiger partial charge in [-0.25, -0.2) is 9.59 Å². The first-order chi connectivity index (χ1) is 12.1. The number of methoxy groups -OCH3 is 1. The molecule has 3 N–H and O–H groups in total. The molecule has 8 nitrogen and oxygen atoms in total. The fourth-order valence-electron chi connectivity index (χ4n) is 2.76. The summed E-state index contributed by atoms with van der Waals surface area (Å²) in [4.78, 5) is 22.1. The molecule has 142 valence electrons. The monoisotopic (exact) mass is 366 g/mol. The van der Waals surface area contributed by atoms with Gasteiger partial charge in [0.1, 0.15) is 12.2 Å². The van der Waals surface area contributed by atoms with Gasteiger partial charge < -0.3 is 29.5 Å². The fourth-order valence-corrected chi connectivity index (χ4v) is 2.76. The maximum absolute atomic E-state index is 11.7. The zero-order valence-electron chi connectivity index (χ0n) is 14.7. The van der Waals surface area contributed by atoms with E-state index in [1.165, 1.54) is 25.3 Å². The Hall–Kier alpha value is -2.26. The summed E-state index contributed by atoms with van der Waals surface area (Å²) in [6, 6.07) is 0. The smallest absolute Gasteiger partial charge is 0.345 e. The summed E-state index contributed by atoms with van der Waals surface area (Å²) in [6.07, 6.45) is 10.4. The number of rotatable bonds is 2. The molecule has 1 fully saturated rings. The largest absolute Gasteiger partial charge is 0.479 e. The summed E-state index contributed by atoms with van der Waals surface area (Å²) in [7, 11) is 1.34. The van der Waals surface area contributed by atoms with Gasteiger partial charge in [0.15, 0.2) is 5.79 Å². The second kappa shape index (κ2) is 7.16. The predicted octanol–water partition coefficient (Wildman–Crippen LogP) is 0.465. The minimum Gasteiger partial charge on any atom is -0.479 e. The van der Waals surface area contributed by atoms with Crippen molar-refractivity contribution in [2.75, 3.05) is 7.11 Å². The SMILES string of the molecule is COC(=O)[C@]12C=CC=C[C@H]1OC(C)(C)O2.O=C(O)[C@]1(O)C=CC=C[C@H]1O. The lowest BCUT2D eigenvalue weighted by Crippen LogP contribution is -2.47. The summed E-state index contributed by atoms with van der Waals surface area (Å²) in [5.74, 6) is -2.66. The number of fused-ring (bicyclic) bond motifs is 1. The van der Waals surface area contributed by atoms with E-state index in [2.05, 4.69) is 0 Å². The molecule has 0 radical (unpaired) electrons. The number of aliphatic hydroxyl groups excluding tert-OH is 1. The molecule has 2 aliphatic carbocycles. The molecule has 0 saturated carbocycles. The van der Waals surface area contributed by atoms with Crippen LogP contribution in [-0.4, -0.2) is 63.6 Å². The van der Waals surface area contributed by atoms with E-state index in [0.717, 1.165) is 6.08 Å². The zero-order chi connectivity index (χ0) is 19.6. The molecular formula is C18H22O8. The molecule has 0 unspecified atom stereocenters. The van der Waals surface area contributed by atoms with Gasteiger partial charge in [-0.1, -0.05) is 36.5 Å². The average molecular weight is 366 g/mol. The number of carbonyl (C=O) groups excluding carboxylic acids is 1. The number of ether oxygens (including phenoxy) is 3. The topological polar surface area (TPSA) is 123 Å². The van der Waals surface area contributed by atoms with Gasteiger partial charge in [0.25, 0.3) is 0 Å². The highest BCUT2D eigenvalue weighted by Crippen LogP contribution is 2.40. The molecule has 1 saturated heterocycles. The van der Waals surface area contributed by atoms with Crippen molar-refractivity contribution in [1.29, 1.82) is 0 Å². The van der Waals surface area contributed by atoms with Crippen LogP contribution in [0.3, 0.4) is 0 Å². The maximum atomic E-state index is 11.7. The second-order valence-corrected chi connectivity index (χ2v) is 6.39. The van der Waals surface area contributed by atoms with Gasteiger partial charge in [0, 0.05) is 0 Å². The van der Waals surface area contributed by atoms with Crippen molar-refractivity contribution in [3.8, 4) is 0 Å². The lowest BCUT2D eigenvalue weighted by Gasteiger charge is -2.26. The molecule has 1 aliphatic heterocycles. The van der Waals surface area contributed by atoms with Crippen molar-refractivity contribution in [2.24, 2.45) is 0 Å². The fraction of sp³-hybridized carbons (Fsp3) is 0.444. The van der Waals surface area contributed by atoms with E-state index in [-0.39, 0.29) is 0 Å². The summed E-state index contributed by atoms with van der Waals surface area (Å²) in [5, 5.41) is 26.7. The van der Waals surface area contributed by atoms with Gasteiger partial charge in [-0.2, -0.15) is 0 Å². The molecule has 0 aromatic rings. The third-order valence-corrected chi connectivity index (χ3v) is 4.04. The van der Waals surface area contributed by atoms with Crippen molar-refractivity contribution in [2.45, 2.75) is 43.0 Å². The van der Waals surface area contributed by atoms with Crippen molar-refractivity contribution in [3.63, 3.8) is 0 Å². The Labute approximate surface area is 150 Å². The third kappa shape index (κ3) is 3.63. The number of carboxylic acids is 1. The normalized spacial score (nSPS) is 36.0. The molecular weight excluding hydrogens is 344 g/mol. The van der Waals surface area contributed by atoms with Crippen LogP contribution in [-0.2, 0) is 23.8 Å². The Morgan fingerprint density at radius 1 is 1.08 bits per heavy atom. The van der Waals surface area contributed by atoms with Crippen molar-refractivity contribution < 1.29 is 39.1 Å². The maximum Gasteiger partial charge on any atom is 0.345 e. The third-order valence-electron chi connectivity index (χ3n) is 4.04. The quantitative estimate of drug-likeness (QED) is 0.603. The van der Waals surface area contributed by atoms with Crippen LogP contribution in [0.15, 0.2) is 48.6 Å². The molecule has 26 heavy (non-hydrogen) atoms. The number of aliphatic carboxylic acids is 1. The van der Waals surface area contributed by atoms with Crippen molar-refractivity contribution >= 4 is 11.9 Å². The molecule has 0 amide bonds. The van der Waals surface area contributed by atoms with E-state index in [0.29, 0.717) is 0 Å². The molecule has 0 spiro atoms. The number of aliphatic hydroxyl groups is 2. The van der Waals surface area contributed by atoms with Crippen LogP contribution in [0.1, 0.15) is 13.8 Å². The van der Waals surface area contributed by atoms with Crippen molar-refractivity contribution in [3.05, 3.63) is 48.6 Å². The number of allylic oxidation sites excluding steroid dienone is 4. The summed E-state index contributed by atoms with van der Waals surface area (Å²) in [6.45, 7) is 3.55. The van der Waals surface area contributed by atoms with Crippen LogP contribution in [0.25, 0.3) is 0 Å². The molecule has 0 bridgehead atoms. The first-order valence-electron chi connectivity index (χ1n) is 7.90. The zero-order valence-corrected chi connectivity index (χ0v) is 14.7. The Bertz CT molecular complexity index is 689. The van der Waals surface area contributed by atoms with E-state index in [1.54, 1.807) is 32.1 Å². The molecule has 4 atom stereocenters. The van der Waals surface area contributed by atoms with E-state index in [1.807, 2.05) is 6.08 Å². The Kier molecular flexibility index (Phi) is 5.52. The first-order valence-corrected chi connectivity index (χ1v) is 7.90. The van der Waals surface area contributed by atoms with E-state index in [4.69, 9.17) is 24.4 Å². The number of esters is 1. The lowest BCUT2D eigenvalue weighted by atomic mass is 9.92. The highest BCUT2D eigenvalue weighted by Gasteiger charge is 2.57. The molecule has 8 heteroatoms. The average Bonchev–Trinajstić information content (AvgIpc) is 2.88. The van der Waals surface area contributed by atoms with Gasteiger partial charge in [0.05, 0.1) is 7.11 Å². The molecule has 3 rings (SSSR count). The predicted molar refractivity (Wildman–Crippen MR) is 89.9 cm³/mol. The highest BCUT2D eigenvalue weighted by atomic mass is 16.8. The molecule has 3 aliphatic rings. The van der Waals surface area contributed by atoms with Gasteiger partial charge in [-0.15, -0.1) is 0 Å². The Balaban J connectivity index is 0.000000197. The summed E-state index contributed by atoms with van der Waals surface area (Å²) in [5.41, 5.74) is -3.28. The molecule has 1 heterocycles. The summed E-state index contributed by atoms with van der Waals surface area (Å²) < 4.78 is 16.0. The van der Waals surface area contributed by atoms with Crippen LogP contribution in [0, 0.1) is 0 Å². The van der Waals surface area contributed by atoms with Gasteiger partial charge in [0.2, 0.25) is 11.2 Å². The molecule has 0 aromatic carbocycles. The van der Waals surface area contributed by atoms with Gasteiger partial charge in [-0.3, -0.25) is 0 Å². The Morgan fingerprint density at radius 3 is 2.23 bits per heavy atom. The Morgan fingerprint density at radius 2 is 1.69 bits per heavy atom. The minimum atomic E-state index is -2.16. The standard InChI is InChI=1S/C11H14O4.C7H8O4/c1-10(2)14-8-6-4-5-7-11(8,15-10)9(12)13-3;8-5-3-1-2-4-7(5,11)6(9)10/h4-8H,1-3H3;1-5,8,11H,(H,9,10)/t8-,11+;5-,7+/m11/s1. The van der Waals surface area contributed by atoms with Crippen LogP contribution in [0.2, 0.25) is 0 Å². The van der Waals surface area contributed by atoms with E-state index in [9.17, 15) is 14.7 Å². The van der Waals surface area contributed by atoms with Gasteiger partial charge >= 0.3 is 11.9 Å². The summed E-state index contributed by atoms with van der Waals surface area (Å²) >= 11 is 0. The van der Waals surface area contributed by atoms with E-state index >= 15 is 0 Å². The van der Waals surface area contributed by atoms with Gasteiger partial charge in [-0.05, 0) is 26.0 Å². The van der Waals surface area contributed by atoms with E-state index < -0.39 is 41.1 Å². The highest BCUT2D eigenvalue weighted by molar-refractivity contribution is 5.84. The molecule has 0 aromatic heterocycles. The van der Waals surface area contributed by atoms with Crippen LogP contribution in [0.4, 0.5) is 0 Å². The van der Waals surface area contributed by atoms with Crippen LogP contribution < -0.4 is 0 Å². The first kappa shape index (κ1) is 20.1. The second-order valence-electron chi connectivity index (χ2n) is 6.39. The van der Waals surface area contributed by atoms with Crippen LogP contribution >= 0.6 is 0 Å². The number of hydrogen-bond acceptors (Lipinski definition) is 7. The lowest BCUT2D eigenvalue weighted by molar-refractivity contribution is -0.179. The number of hydrogen-bond donors (Lipinski definition) is 3. The minimum absolute atomic E-state index is 0.412. The van der Waals surface area contributed by atoms with Crippen molar-refractivity contribution in [1.82, 2.24) is 0 Å². The number of carbonyl (C=O) groups is 2.